The summed E-state index contributed by atoms with van der Waals surface area (Å²) in [5.74, 6) is 6.23. The van der Waals surface area contributed by atoms with Crippen LogP contribution in [0.5, 0.6) is 0 Å². The van der Waals surface area contributed by atoms with Crippen LogP contribution in [-0.2, 0) is 14.3 Å². The van der Waals surface area contributed by atoms with E-state index in [1.165, 1.54) is 18.4 Å². The number of hydrogen-bond acceptors (Lipinski definition) is 5. The molecule has 1 unspecified atom stereocenters. The van der Waals surface area contributed by atoms with Crippen LogP contribution >= 0.6 is 11.3 Å². The maximum atomic E-state index is 14.0. The van der Waals surface area contributed by atoms with Gasteiger partial charge in [0.25, 0.3) is 0 Å². The van der Waals surface area contributed by atoms with E-state index in [1.54, 1.807) is 11.0 Å². The van der Waals surface area contributed by atoms with Crippen LogP contribution in [0, 0.1) is 29.1 Å². The van der Waals surface area contributed by atoms with Gasteiger partial charge in [-0.3, -0.25) is 14.5 Å². The zero-order valence-corrected chi connectivity index (χ0v) is 22.2. The van der Waals surface area contributed by atoms with Crippen LogP contribution in [0.15, 0.2) is 6.07 Å². The van der Waals surface area contributed by atoms with E-state index in [0.717, 1.165) is 32.1 Å². The minimum atomic E-state index is -0.609. The van der Waals surface area contributed by atoms with Gasteiger partial charge in [-0.1, -0.05) is 18.8 Å². The van der Waals surface area contributed by atoms with E-state index in [9.17, 15) is 14.4 Å². The summed E-state index contributed by atoms with van der Waals surface area (Å²) >= 11 is 1.23. The topological polar surface area (TPSA) is 66.9 Å². The Morgan fingerprint density at radius 2 is 1.88 bits per heavy atom. The summed E-state index contributed by atoms with van der Waals surface area (Å²) in [4.78, 5) is 44.7. The van der Waals surface area contributed by atoms with Gasteiger partial charge in [0.1, 0.15) is 10.9 Å². The molecular formula is C27H38N2O4S. The molecule has 2 heterocycles. The number of amides is 2. The number of thiophene rings is 1. The number of methoxy groups -OCH3 is 1. The van der Waals surface area contributed by atoms with Gasteiger partial charge in [-0.25, -0.2) is 4.79 Å². The first-order chi connectivity index (χ1) is 16.1. The normalized spacial score (nSPS) is 23.2. The molecule has 0 bridgehead atoms. The van der Waals surface area contributed by atoms with Gasteiger partial charge >= 0.3 is 5.97 Å². The van der Waals surface area contributed by atoms with Gasteiger partial charge < -0.3 is 9.64 Å². The monoisotopic (exact) mass is 486 g/mol. The van der Waals surface area contributed by atoms with Crippen molar-refractivity contribution in [2.45, 2.75) is 79.2 Å². The molecular weight excluding hydrogens is 448 g/mol. The molecule has 1 saturated carbocycles. The lowest BCUT2D eigenvalue weighted by Gasteiger charge is -2.40. The van der Waals surface area contributed by atoms with Gasteiger partial charge in [-0.15, -0.1) is 11.3 Å². The Morgan fingerprint density at radius 1 is 1.21 bits per heavy atom. The molecule has 0 N–H and O–H groups in total. The first kappa shape index (κ1) is 26.3. The van der Waals surface area contributed by atoms with E-state index in [-0.39, 0.29) is 23.1 Å². The number of likely N-dealkylation sites (N-methyl/N-ethyl adjacent to an activating group) is 1. The van der Waals surface area contributed by atoms with Crippen molar-refractivity contribution in [3.05, 3.63) is 15.8 Å². The van der Waals surface area contributed by atoms with Crippen LogP contribution in [0.3, 0.4) is 0 Å². The second-order valence-corrected chi connectivity index (χ2v) is 11.6. The third-order valence-corrected chi connectivity index (χ3v) is 7.72. The lowest BCUT2D eigenvalue weighted by atomic mass is 9.82. The lowest BCUT2D eigenvalue weighted by molar-refractivity contribution is -0.137. The van der Waals surface area contributed by atoms with Gasteiger partial charge in [0, 0.05) is 24.4 Å². The summed E-state index contributed by atoms with van der Waals surface area (Å²) in [6.07, 6.45) is 5.03. The number of ether oxygens (including phenoxy) is 1. The van der Waals surface area contributed by atoms with E-state index >= 15 is 0 Å². The average molecular weight is 487 g/mol. The summed E-state index contributed by atoms with van der Waals surface area (Å²) in [7, 11) is 1.34. The standard InChI is InChI=1S/C27H38N2O4S/c1-7-28-16-8-9-21(25(28)31)29(24(30)19-12-10-18(2)11-13-19)22-17-20(14-15-27(3,4)5)34-23(22)26(32)33-6/h17-19,21H,7-13,16H2,1-6H3. The summed E-state index contributed by atoms with van der Waals surface area (Å²) < 4.78 is 5.07. The first-order valence-electron chi connectivity index (χ1n) is 12.4. The van der Waals surface area contributed by atoms with Crippen molar-refractivity contribution in [2.24, 2.45) is 17.3 Å². The predicted molar refractivity (Wildman–Crippen MR) is 136 cm³/mol. The molecule has 0 aromatic carbocycles. The maximum absolute atomic E-state index is 14.0. The quantitative estimate of drug-likeness (QED) is 0.429. The van der Waals surface area contributed by atoms with E-state index in [4.69, 9.17) is 4.74 Å². The second-order valence-electron chi connectivity index (χ2n) is 10.6. The fourth-order valence-corrected chi connectivity index (χ4v) is 5.65. The van der Waals surface area contributed by atoms with Crippen LogP contribution < -0.4 is 4.90 Å². The SMILES string of the molecule is CCN1CCCC(N(C(=O)C2CCC(C)CC2)c2cc(C#CC(C)(C)C)sc2C(=O)OC)C1=O. The highest BCUT2D eigenvalue weighted by molar-refractivity contribution is 7.15. The van der Waals surface area contributed by atoms with Gasteiger partial charge in [0.15, 0.2) is 0 Å². The molecule has 2 fully saturated rings. The molecule has 7 heteroatoms. The second kappa shape index (κ2) is 10.9. The summed E-state index contributed by atoms with van der Waals surface area (Å²) in [6, 6.07) is 1.19. The van der Waals surface area contributed by atoms with Crippen molar-refractivity contribution < 1.29 is 19.1 Å². The molecule has 0 spiro atoms. The molecule has 0 radical (unpaired) electrons. The Labute approximate surface area is 208 Å². The highest BCUT2D eigenvalue weighted by Crippen LogP contribution is 2.38. The zero-order chi connectivity index (χ0) is 25.0. The number of carbonyl (C=O) groups is 3. The van der Waals surface area contributed by atoms with Crippen molar-refractivity contribution in [3.63, 3.8) is 0 Å². The Hall–Kier alpha value is -2.33. The van der Waals surface area contributed by atoms with Crippen molar-refractivity contribution in [3.8, 4) is 11.8 Å². The predicted octanol–water partition coefficient (Wildman–Crippen LogP) is 5.10. The number of rotatable bonds is 5. The molecule has 1 aliphatic carbocycles. The largest absolute Gasteiger partial charge is 0.465 e. The van der Waals surface area contributed by atoms with Gasteiger partial charge in [-0.2, -0.15) is 0 Å². The smallest absolute Gasteiger partial charge is 0.350 e. The molecule has 34 heavy (non-hydrogen) atoms. The van der Waals surface area contributed by atoms with Gasteiger partial charge in [0.05, 0.1) is 17.7 Å². The van der Waals surface area contributed by atoms with Crippen LogP contribution in [-0.4, -0.2) is 48.9 Å². The molecule has 2 aliphatic rings. The van der Waals surface area contributed by atoms with Crippen LogP contribution in [0.1, 0.15) is 87.7 Å². The molecule has 186 valence electrons. The maximum Gasteiger partial charge on any atom is 0.350 e. The molecule has 1 aromatic rings. The molecule has 3 rings (SSSR count). The van der Waals surface area contributed by atoms with E-state index in [0.29, 0.717) is 40.9 Å². The third kappa shape index (κ3) is 6.02. The Kier molecular flexibility index (Phi) is 8.46. The molecule has 1 aromatic heterocycles. The fraction of sp³-hybridized carbons (Fsp3) is 0.667. The Morgan fingerprint density at radius 3 is 2.47 bits per heavy atom. The molecule has 6 nitrogen and oxygen atoms in total. The molecule has 1 saturated heterocycles. The third-order valence-electron chi connectivity index (χ3n) is 6.70. The minimum Gasteiger partial charge on any atom is -0.465 e. The number of likely N-dealkylation sites (tertiary alicyclic amines) is 1. The number of nitrogens with zero attached hydrogens (tertiary/aromatic N) is 2. The average Bonchev–Trinajstić information content (AvgIpc) is 3.22. The van der Waals surface area contributed by atoms with Crippen LogP contribution in [0.25, 0.3) is 0 Å². The van der Waals surface area contributed by atoms with Crippen molar-refractivity contribution in [1.82, 2.24) is 4.90 Å². The fourth-order valence-electron chi connectivity index (χ4n) is 4.73. The van der Waals surface area contributed by atoms with Crippen LogP contribution in [0.4, 0.5) is 5.69 Å². The highest BCUT2D eigenvalue weighted by Gasteiger charge is 2.41. The van der Waals surface area contributed by atoms with Crippen molar-refractivity contribution in [1.29, 1.82) is 0 Å². The summed E-state index contributed by atoms with van der Waals surface area (Å²) in [5, 5.41) is 0. The van der Waals surface area contributed by atoms with Crippen molar-refractivity contribution in [2.75, 3.05) is 25.1 Å². The molecule has 1 atom stereocenters. The summed E-state index contributed by atoms with van der Waals surface area (Å²) in [5.41, 5.74) is 0.264. The number of piperidine rings is 1. The number of esters is 1. The number of carbonyl (C=O) groups excluding carboxylic acids is 3. The molecule has 1 aliphatic heterocycles. The van der Waals surface area contributed by atoms with E-state index in [2.05, 4.69) is 18.8 Å². The number of anilines is 1. The molecule has 2 amide bonds. The lowest BCUT2D eigenvalue weighted by Crippen LogP contribution is -2.56. The first-order valence-corrected chi connectivity index (χ1v) is 13.2. The van der Waals surface area contributed by atoms with E-state index in [1.807, 2.05) is 32.6 Å². The van der Waals surface area contributed by atoms with E-state index < -0.39 is 12.0 Å². The Bertz CT molecular complexity index is 973. The van der Waals surface area contributed by atoms with Gasteiger partial charge in [-0.05, 0) is 78.2 Å². The highest BCUT2D eigenvalue weighted by atomic mass is 32.1. The zero-order valence-electron chi connectivity index (χ0n) is 21.4. The Balaban J connectivity index is 2.10. The minimum absolute atomic E-state index is 0.0457. The number of hydrogen-bond donors (Lipinski definition) is 0. The van der Waals surface area contributed by atoms with Crippen molar-refractivity contribution >= 4 is 34.8 Å². The van der Waals surface area contributed by atoms with Gasteiger partial charge in [0.2, 0.25) is 11.8 Å². The van der Waals surface area contributed by atoms with Crippen LogP contribution in [0.2, 0.25) is 0 Å². The summed E-state index contributed by atoms with van der Waals surface area (Å²) in [6.45, 7) is 11.6.